The number of methoxy groups -OCH3 is 1. The highest BCUT2D eigenvalue weighted by molar-refractivity contribution is 5.96. The Morgan fingerprint density at radius 1 is 1.11 bits per heavy atom. The molecule has 2 aromatic rings. The van der Waals surface area contributed by atoms with Gasteiger partial charge in [0.2, 0.25) is 5.91 Å². The number of ether oxygens (including phenoxy) is 1. The van der Waals surface area contributed by atoms with Gasteiger partial charge in [0, 0.05) is 31.1 Å². The van der Waals surface area contributed by atoms with Crippen LogP contribution in [0.15, 0.2) is 48.5 Å². The van der Waals surface area contributed by atoms with Gasteiger partial charge < -0.3 is 15.0 Å². The van der Waals surface area contributed by atoms with Crippen molar-refractivity contribution in [1.29, 1.82) is 0 Å². The number of rotatable bonds is 6. The van der Waals surface area contributed by atoms with Gasteiger partial charge >= 0.3 is 0 Å². The van der Waals surface area contributed by atoms with E-state index >= 15 is 0 Å². The number of hydrogen-bond acceptors (Lipinski definition) is 3. The van der Waals surface area contributed by atoms with Crippen molar-refractivity contribution in [2.24, 2.45) is 5.92 Å². The van der Waals surface area contributed by atoms with Gasteiger partial charge in [0.25, 0.3) is 5.91 Å². The van der Waals surface area contributed by atoms with Gasteiger partial charge in [0.1, 0.15) is 5.75 Å². The maximum absolute atomic E-state index is 13.1. The summed E-state index contributed by atoms with van der Waals surface area (Å²) in [6.45, 7) is 5.58. The van der Waals surface area contributed by atoms with E-state index in [0.29, 0.717) is 25.2 Å². The quantitative estimate of drug-likeness (QED) is 0.836. The number of aryl methyl sites for hydroxylation is 1. The molecule has 0 radical (unpaired) electrons. The van der Waals surface area contributed by atoms with Gasteiger partial charge in [-0.15, -0.1) is 0 Å². The summed E-state index contributed by atoms with van der Waals surface area (Å²) in [6, 6.07) is 15.4. The number of nitrogens with zero attached hydrogens (tertiary/aromatic N) is 1. The van der Waals surface area contributed by atoms with Gasteiger partial charge in [-0.1, -0.05) is 37.3 Å². The summed E-state index contributed by atoms with van der Waals surface area (Å²) >= 11 is 0. The van der Waals surface area contributed by atoms with E-state index in [0.717, 1.165) is 23.3 Å². The van der Waals surface area contributed by atoms with Gasteiger partial charge in [0.05, 0.1) is 13.0 Å². The molecule has 148 valence electrons. The van der Waals surface area contributed by atoms with Crippen LogP contribution < -0.4 is 10.1 Å². The normalized spacial score (nSPS) is 18.8. The molecule has 2 unspecified atom stereocenters. The number of nitrogens with one attached hydrogen (secondary N) is 1. The van der Waals surface area contributed by atoms with Gasteiger partial charge in [-0.3, -0.25) is 9.59 Å². The first kappa shape index (κ1) is 19.9. The zero-order chi connectivity index (χ0) is 20.1. The monoisotopic (exact) mass is 380 g/mol. The zero-order valence-corrected chi connectivity index (χ0v) is 16.8. The zero-order valence-electron chi connectivity index (χ0n) is 16.8. The molecule has 2 atom stereocenters. The Kier molecular flexibility index (Phi) is 6.34. The number of carbonyl (C=O) groups is 2. The summed E-state index contributed by atoms with van der Waals surface area (Å²) in [5.41, 5.74) is 2.70. The molecule has 3 rings (SSSR count). The Labute approximate surface area is 166 Å². The van der Waals surface area contributed by atoms with Crippen LogP contribution in [0.2, 0.25) is 0 Å². The van der Waals surface area contributed by atoms with Crippen LogP contribution in [0, 0.1) is 12.8 Å². The molecule has 0 aromatic heterocycles. The average molecular weight is 380 g/mol. The standard InChI is InChI=1S/C23H28N2O3/c1-4-13-24-22(26)21-15-25(23(27)19-8-6-5-7-16(19)2)14-20(21)17-9-11-18(28-3)12-10-17/h5-12,20-21H,4,13-15H2,1-3H3,(H,24,26). The Balaban J connectivity index is 1.86. The van der Waals surface area contributed by atoms with E-state index in [2.05, 4.69) is 5.32 Å². The molecule has 28 heavy (non-hydrogen) atoms. The number of amides is 2. The average Bonchev–Trinajstić information content (AvgIpc) is 3.17. The SMILES string of the molecule is CCCNC(=O)C1CN(C(=O)c2ccccc2C)CC1c1ccc(OC)cc1. The topological polar surface area (TPSA) is 58.6 Å². The van der Waals surface area contributed by atoms with Crippen molar-refractivity contribution in [3.05, 3.63) is 65.2 Å². The Morgan fingerprint density at radius 3 is 2.46 bits per heavy atom. The van der Waals surface area contributed by atoms with Crippen LogP contribution in [0.3, 0.4) is 0 Å². The van der Waals surface area contributed by atoms with Gasteiger partial charge in [-0.25, -0.2) is 0 Å². The molecule has 2 aromatic carbocycles. The van der Waals surface area contributed by atoms with Crippen molar-refractivity contribution in [3.8, 4) is 5.75 Å². The predicted octanol–water partition coefficient (Wildman–Crippen LogP) is 3.39. The Hall–Kier alpha value is -2.82. The second-order valence-electron chi connectivity index (χ2n) is 7.30. The maximum Gasteiger partial charge on any atom is 0.254 e. The maximum atomic E-state index is 13.1. The molecule has 1 aliphatic heterocycles. The third-order valence-electron chi connectivity index (χ3n) is 5.41. The minimum Gasteiger partial charge on any atom is -0.497 e. The van der Waals surface area contributed by atoms with Crippen molar-refractivity contribution in [2.45, 2.75) is 26.2 Å². The molecule has 1 N–H and O–H groups in total. The van der Waals surface area contributed by atoms with E-state index in [4.69, 9.17) is 4.74 Å². The van der Waals surface area contributed by atoms with E-state index < -0.39 is 0 Å². The summed E-state index contributed by atoms with van der Waals surface area (Å²) in [5.74, 6) is 0.496. The summed E-state index contributed by atoms with van der Waals surface area (Å²) in [6.07, 6.45) is 0.886. The van der Waals surface area contributed by atoms with E-state index in [1.54, 1.807) is 7.11 Å². The molecule has 1 saturated heterocycles. The first-order chi connectivity index (χ1) is 13.5. The lowest BCUT2D eigenvalue weighted by molar-refractivity contribution is -0.124. The van der Waals surface area contributed by atoms with Crippen LogP contribution in [0.25, 0.3) is 0 Å². The number of carbonyl (C=O) groups excluding carboxylic acids is 2. The second-order valence-corrected chi connectivity index (χ2v) is 7.30. The number of hydrogen-bond donors (Lipinski definition) is 1. The van der Waals surface area contributed by atoms with Gasteiger partial charge in [-0.05, 0) is 42.7 Å². The van der Waals surface area contributed by atoms with E-state index in [9.17, 15) is 9.59 Å². The fourth-order valence-corrected chi connectivity index (χ4v) is 3.79. The molecule has 0 saturated carbocycles. The van der Waals surface area contributed by atoms with Crippen LogP contribution in [0.5, 0.6) is 5.75 Å². The summed E-state index contributed by atoms with van der Waals surface area (Å²) in [4.78, 5) is 27.7. The lowest BCUT2D eigenvalue weighted by Crippen LogP contribution is -2.36. The Morgan fingerprint density at radius 2 is 1.82 bits per heavy atom. The highest BCUT2D eigenvalue weighted by Crippen LogP contribution is 2.34. The van der Waals surface area contributed by atoms with Crippen LogP contribution in [0.4, 0.5) is 0 Å². The van der Waals surface area contributed by atoms with Crippen LogP contribution in [-0.2, 0) is 4.79 Å². The molecule has 0 spiro atoms. The molecule has 5 heteroatoms. The van der Waals surface area contributed by atoms with Crippen molar-refractivity contribution < 1.29 is 14.3 Å². The van der Waals surface area contributed by atoms with Crippen molar-refractivity contribution in [3.63, 3.8) is 0 Å². The van der Waals surface area contributed by atoms with Crippen molar-refractivity contribution in [2.75, 3.05) is 26.7 Å². The lowest BCUT2D eigenvalue weighted by atomic mass is 9.88. The third kappa shape index (κ3) is 4.19. The number of likely N-dealkylation sites (tertiary alicyclic amines) is 1. The highest BCUT2D eigenvalue weighted by atomic mass is 16.5. The highest BCUT2D eigenvalue weighted by Gasteiger charge is 2.40. The van der Waals surface area contributed by atoms with E-state index in [-0.39, 0.29) is 23.7 Å². The fraction of sp³-hybridized carbons (Fsp3) is 0.391. The summed E-state index contributed by atoms with van der Waals surface area (Å²) in [5, 5.41) is 3.01. The molecule has 0 bridgehead atoms. The van der Waals surface area contributed by atoms with Crippen LogP contribution in [0.1, 0.15) is 40.7 Å². The second kappa shape index (κ2) is 8.91. The van der Waals surface area contributed by atoms with Crippen molar-refractivity contribution in [1.82, 2.24) is 10.2 Å². The van der Waals surface area contributed by atoms with Gasteiger partial charge in [-0.2, -0.15) is 0 Å². The predicted molar refractivity (Wildman–Crippen MR) is 110 cm³/mol. The third-order valence-corrected chi connectivity index (χ3v) is 5.41. The Bertz CT molecular complexity index is 832. The van der Waals surface area contributed by atoms with Crippen LogP contribution >= 0.6 is 0 Å². The summed E-state index contributed by atoms with van der Waals surface area (Å²) < 4.78 is 5.25. The minimum atomic E-state index is -0.257. The summed E-state index contributed by atoms with van der Waals surface area (Å²) in [7, 11) is 1.63. The first-order valence-corrected chi connectivity index (χ1v) is 9.81. The van der Waals surface area contributed by atoms with E-state index in [1.807, 2.05) is 67.3 Å². The van der Waals surface area contributed by atoms with Gasteiger partial charge in [0.15, 0.2) is 0 Å². The van der Waals surface area contributed by atoms with E-state index in [1.165, 1.54) is 0 Å². The van der Waals surface area contributed by atoms with Crippen molar-refractivity contribution >= 4 is 11.8 Å². The smallest absolute Gasteiger partial charge is 0.254 e. The molecule has 1 heterocycles. The fourth-order valence-electron chi connectivity index (χ4n) is 3.79. The molecule has 2 amide bonds. The molecule has 5 nitrogen and oxygen atoms in total. The van der Waals surface area contributed by atoms with Crippen LogP contribution in [-0.4, -0.2) is 43.5 Å². The number of benzene rings is 2. The molecular formula is C23H28N2O3. The molecule has 0 aliphatic carbocycles. The first-order valence-electron chi connectivity index (χ1n) is 9.81. The molecule has 1 aliphatic rings. The lowest BCUT2D eigenvalue weighted by Gasteiger charge is -2.18. The molecular weight excluding hydrogens is 352 g/mol. The largest absolute Gasteiger partial charge is 0.497 e. The molecule has 1 fully saturated rings. The minimum absolute atomic E-state index is 0.0117.